The Balaban J connectivity index is 1.41. The minimum absolute atomic E-state index is 0.0837. The lowest BCUT2D eigenvalue weighted by Gasteiger charge is -2.26. The van der Waals surface area contributed by atoms with E-state index in [9.17, 15) is 22.8 Å². The lowest BCUT2D eigenvalue weighted by Crippen LogP contribution is -2.52. The fourth-order valence-corrected chi connectivity index (χ4v) is 6.34. The largest absolute Gasteiger partial charge is 0.462 e. The van der Waals surface area contributed by atoms with Crippen LogP contribution >= 0.6 is 0 Å². The van der Waals surface area contributed by atoms with Gasteiger partial charge in [-0.05, 0) is 43.5 Å². The summed E-state index contributed by atoms with van der Waals surface area (Å²) in [6.07, 6.45) is 4.51. The Kier molecular flexibility index (Phi) is 9.85. The third-order valence-corrected chi connectivity index (χ3v) is 8.77. The maximum Gasteiger partial charge on any atom is 0.329 e. The number of rotatable bonds is 11. The monoisotopic (exact) mass is 579 g/mol. The topological polar surface area (TPSA) is 126 Å². The molecule has 2 unspecified atom stereocenters. The van der Waals surface area contributed by atoms with Gasteiger partial charge in [-0.1, -0.05) is 48.0 Å². The summed E-state index contributed by atoms with van der Waals surface area (Å²) in [7, 11) is -2.09. The van der Waals surface area contributed by atoms with Crippen molar-refractivity contribution in [3.63, 3.8) is 0 Å². The Morgan fingerprint density at radius 1 is 1.05 bits per heavy atom. The number of nitrogens with one attached hydrogen (secondary N) is 2. The van der Waals surface area contributed by atoms with Crippen molar-refractivity contribution in [3.05, 3.63) is 95.8 Å². The first kappa shape index (κ1) is 29.9. The van der Waals surface area contributed by atoms with Gasteiger partial charge in [-0.15, -0.1) is 0 Å². The second-order valence-corrected chi connectivity index (χ2v) is 11.9. The van der Waals surface area contributed by atoms with Crippen LogP contribution in [0.25, 0.3) is 0 Å². The lowest BCUT2D eigenvalue weighted by atomic mass is 10.1. The van der Waals surface area contributed by atoms with Crippen molar-refractivity contribution in [2.24, 2.45) is 7.05 Å². The molecule has 10 nitrogen and oxygen atoms in total. The van der Waals surface area contributed by atoms with Gasteiger partial charge in [0, 0.05) is 19.0 Å². The SMILES string of the molecule is Cc1ccc(S(=O)(=O)N2CCCC2C(=O)NC(Cc2ccccc2)C(=O)OCCNC(=O)c2ccc[n+](C)c2)cc1. The molecule has 1 fully saturated rings. The second-order valence-electron chi connectivity index (χ2n) is 10.0. The zero-order chi connectivity index (χ0) is 29.4. The van der Waals surface area contributed by atoms with Gasteiger partial charge in [0.25, 0.3) is 5.91 Å². The number of benzene rings is 2. The van der Waals surface area contributed by atoms with Crippen molar-refractivity contribution >= 4 is 27.8 Å². The van der Waals surface area contributed by atoms with Gasteiger partial charge in [-0.2, -0.15) is 4.31 Å². The molecule has 0 spiro atoms. The molecule has 0 bridgehead atoms. The predicted molar refractivity (Wildman–Crippen MR) is 151 cm³/mol. The lowest BCUT2D eigenvalue weighted by molar-refractivity contribution is -0.671. The molecule has 216 valence electrons. The van der Waals surface area contributed by atoms with E-state index in [1.165, 1.54) is 16.4 Å². The first-order valence-corrected chi connectivity index (χ1v) is 14.9. The summed E-state index contributed by atoms with van der Waals surface area (Å²) in [6, 6.07) is 17.1. The minimum atomic E-state index is -3.90. The summed E-state index contributed by atoms with van der Waals surface area (Å²) in [5.41, 5.74) is 2.20. The number of amides is 2. The molecule has 0 saturated carbocycles. The second kappa shape index (κ2) is 13.5. The van der Waals surface area contributed by atoms with Gasteiger partial charge in [0.1, 0.15) is 31.3 Å². The van der Waals surface area contributed by atoms with Gasteiger partial charge >= 0.3 is 5.97 Å². The van der Waals surface area contributed by atoms with Crippen LogP contribution < -0.4 is 15.2 Å². The maximum absolute atomic E-state index is 13.4. The maximum atomic E-state index is 13.4. The number of hydrogen-bond acceptors (Lipinski definition) is 6. The molecule has 1 aromatic heterocycles. The summed E-state index contributed by atoms with van der Waals surface area (Å²) < 4.78 is 35.1. The molecule has 2 heterocycles. The number of ether oxygens (including phenoxy) is 1. The van der Waals surface area contributed by atoms with E-state index < -0.39 is 34.0 Å². The molecule has 2 aromatic carbocycles. The molecule has 3 aromatic rings. The molecular weight excluding hydrogens is 544 g/mol. The van der Waals surface area contributed by atoms with Crippen molar-refractivity contribution in [1.29, 1.82) is 0 Å². The highest BCUT2D eigenvalue weighted by Gasteiger charge is 2.40. The van der Waals surface area contributed by atoms with E-state index in [2.05, 4.69) is 10.6 Å². The molecule has 2 amide bonds. The molecule has 41 heavy (non-hydrogen) atoms. The molecule has 11 heteroatoms. The molecule has 1 saturated heterocycles. The predicted octanol–water partition coefficient (Wildman–Crippen LogP) is 1.67. The number of carbonyl (C=O) groups excluding carboxylic acids is 3. The number of esters is 1. The summed E-state index contributed by atoms with van der Waals surface area (Å²) in [4.78, 5) is 39.0. The number of nitrogens with zero attached hydrogens (tertiary/aromatic N) is 2. The Bertz CT molecular complexity index is 1480. The van der Waals surface area contributed by atoms with Gasteiger partial charge < -0.3 is 15.4 Å². The van der Waals surface area contributed by atoms with Crippen LogP contribution in [0.2, 0.25) is 0 Å². The number of pyridine rings is 1. The van der Waals surface area contributed by atoms with E-state index in [0.29, 0.717) is 18.4 Å². The van der Waals surface area contributed by atoms with Gasteiger partial charge in [-0.3, -0.25) is 9.59 Å². The van der Waals surface area contributed by atoms with Crippen LogP contribution in [0.1, 0.15) is 34.3 Å². The Labute approximate surface area is 240 Å². The van der Waals surface area contributed by atoms with E-state index in [0.717, 1.165) is 11.1 Å². The average molecular weight is 580 g/mol. The van der Waals surface area contributed by atoms with Crippen LogP contribution in [-0.2, 0) is 37.8 Å². The molecule has 2 atom stereocenters. The van der Waals surface area contributed by atoms with Gasteiger partial charge in [0.2, 0.25) is 15.9 Å². The Morgan fingerprint density at radius 3 is 2.49 bits per heavy atom. The standard InChI is InChI=1S/C30H34N4O6S/c1-22-12-14-25(15-13-22)41(38,39)34-18-7-11-27(34)29(36)32-26(20-23-8-4-3-5-9-23)30(37)40-19-16-31-28(35)24-10-6-17-33(2)21-24/h3-6,8-10,12-15,17,21,26-27H,7,11,16,18-20H2,1-2H3,(H-,31,32,35,36)/p+1. The van der Waals surface area contributed by atoms with Crippen molar-refractivity contribution < 1.29 is 32.1 Å². The summed E-state index contributed by atoms with van der Waals surface area (Å²) in [6.45, 7) is 2.06. The molecule has 0 radical (unpaired) electrons. The molecular formula is C30H35N4O6S+. The van der Waals surface area contributed by atoms with E-state index in [1.807, 2.05) is 50.5 Å². The van der Waals surface area contributed by atoms with Crippen LogP contribution in [0.3, 0.4) is 0 Å². The van der Waals surface area contributed by atoms with Crippen molar-refractivity contribution in [3.8, 4) is 0 Å². The van der Waals surface area contributed by atoms with Gasteiger partial charge in [0.05, 0.1) is 11.4 Å². The molecule has 0 aliphatic carbocycles. The Hall–Kier alpha value is -4.09. The van der Waals surface area contributed by atoms with Crippen molar-refractivity contribution in [2.45, 2.75) is 43.2 Å². The van der Waals surface area contributed by atoms with E-state index in [4.69, 9.17) is 4.74 Å². The first-order chi connectivity index (χ1) is 19.6. The normalized spacial score (nSPS) is 16.1. The van der Waals surface area contributed by atoms with Crippen molar-refractivity contribution in [1.82, 2.24) is 14.9 Å². The third-order valence-electron chi connectivity index (χ3n) is 6.85. The average Bonchev–Trinajstić information content (AvgIpc) is 3.47. The summed E-state index contributed by atoms with van der Waals surface area (Å²) in [5, 5.41) is 5.45. The smallest absolute Gasteiger partial charge is 0.329 e. The molecule has 1 aliphatic rings. The highest BCUT2D eigenvalue weighted by Crippen LogP contribution is 2.26. The highest BCUT2D eigenvalue weighted by molar-refractivity contribution is 7.89. The van der Waals surface area contributed by atoms with Crippen LogP contribution in [0.4, 0.5) is 0 Å². The van der Waals surface area contributed by atoms with E-state index in [-0.39, 0.29) is 36.9 Å². The Morgan fingerprint density at radius 2 is 1.78 bits per heavy atom. The zero-order valence-corrected chi connectivity index (χ0v) is 24.0. The fourth-order valence-electron chi connectivity index (χ4n) is 4.69. The van der Waals surface area contributed by atoms with Crippen LogP contribution in [0.15, 0.2) is 84.0 Å². The van der Waals surface area contributed by atoms with Crippen molar-refractivity contribution in [2.75, 3.05) is 19.7 Å². The molecule has 4 rings (SSSR count). The molecule has 2 N–H and O–H groups in total. The quantitative estimate of drug-likeness (QED) is 0.202. The van der Waals surface area contributed by atoms with Crippen LogP contribution in [0, 0.1) is 6.92 Å². The summed E-state index contributed by atoms with van der Waals surface area (Å²) in [5.74, 6) is -1.53. The van der Waals surface area contributed by atoms with E-state index in [1.54, 1.807) is 35.0 Å². The highest BCUT2D eigenvalue weighted by atomic mass is 32.2. The van der Waals surface area contributed by atoms with Gasteiger partial charge in [-0.25, -0.2) is 17.8 Å². The number of aryl methyl sites for hydroxylation is 2. The molecule has 1 aliphatic heterocycles. The number of aromatic nitrogens is 1. The zero-order valence-electron chi connectivity index (χ0n) is 23.2. The minimum Gasteiger partial charge on any atom is -0.462 e. The number of hydrogen-bond donors (Lipinski definition) is 2. The van der Waals surface area contributed by atoms with Gasteiger partial charge in [0.15, 0.2) is 12.4 Å². The van der Waals surface area contributed by atoms with E-state index >= 15 is 0 Å². The van der Waals surface area contributed by atoms with Crippen LogP contribution in [-0.4, -0.2) is 62.3 Å². The van der Waals surface area contributed by atoms with Crippen LogP contribution in [0.5, 0.6) is 0 Å². The summed E-state index contributed by atoms with van der Waals surface area (Å²) >= 11 is 0. The fraction of sp³-hybridized carbons (Fsp3) is 0.333. The first-order valence-electron chi connectivity index (χ1n) is 13.5. The number of sulfonamides is 1. The number of carbonyl (C=O) groups is 3. The third kappa shape index (κ3) is 7.77.